The number of benzene rings is 1. The summed E-state index contributed by atoms with van der Waals surface area (Å²) in [5, 5.41) is 7.17. The van der Waals surface area contributed by atoms with Crippen molar-refractivity contribution in [2.45, 2.75) is 32.9 Å². The Labute approximate surface area is 147 Å². The van der Waals surface area contributed by atoms with Gasteiger partial charge in [-0.15, -0.1) is 0 Å². The van der Waals surface area contributed by atoms with Gasteiger partial charge in [-0.3, -0.25) is 14.3 Å². The van der Waals surface area contributed by atoms with Crippen LogP contribution in [0.2, 0.25) is 0 Å². The number of hydrogen-bond donors (Lipinski definition) is 1. The van der Waals surface area contributed by atoms with Crippen LogP contribution in [0.25, 0.3) is 0 Å². The molecule has 1 aromatic carbocycles. The van der Waals surface area contributed by atoms with Crippen LogP contribution in [0.3, 0.4) is 0 Å². The number of carbonyl (C=O) groups is 2. The molecule has 3 rings (SSSR count). The smallest absolute Gasteiger partial charge is 0.226 e. The number of carbonyl (C=O) groups excluding carboxylic acids is 2. The van der Waals surface area contributed by atoms with E-state index in [1.165, 1.54) is 0 Å². The number of rotatable bonds is 4. The molecule has 1 fully saturated rings. The summed E-state index contributed by atoms with van der Waals surface area (Å²) in [6.07, 6.45) is 2.01. The maximum absolute atomic E-state index is 12.8. The average molecular weight is 340 g/mol. The molecule has 1 aromatic heterocycles. The SMILES string of the molecule is Cc1ccc([C@@H]2[C@H](C(=O)NCc3cnn(C)c3C)CC(=O)N2C)cc1. The highest BCUT2D eigenvalue weighted by molar-refractivity contribution is 5.90. The van der Waals surface area contributed by atoms with E-state index in [1.807, 2.05) is 45.2 Å². The molecule has 2 amide bonds. The quantitative estimate of drug-likeness (QED) is 0.924. The molecule has 0 aliphatic carbocycles. The molecular weight excluding hydrogens is 316 g/mol. The van der Waals surface area contributed by atoms with Gasteiger partial charge in [-0.1, -0.05) is 29.8 Å². The molecule has 6 heteroatoms. The minimum atomic E-state index is -0.378. The lowest BCUT2D eigenvalue weighted by molar-refractivity contribution is -0.128. The third-order valence-electron chi connectivity index (χ3n) is 5.13. The maximum Gasteiger partial charge on any atom is 0.226 e. The summed E-state index contributed by atoms with van der Waals surface area (Å²) >= 11 is 0. The Morgan fingerprint density at radius 1 is 1.24 bits per heavy atom. The predicted molar refractivity (Wildman–Crippen MR) is 94.6 cm³/mol. The van der Waals surface area contributed by atoms with Gasteiger partial charge in [-0.05, 0) is 19.4 Å². The van der Waals surface area contributed by atoms with Crippen LogP contribution in [0.5, 0.6) is 0 Å². The highest BCUT2D eigenvalue weighted by Gasteiger charge is 2.42. The topological polar surface area (TPSA) is 67.2 Å². The summed E-state index contributed by atoms with van der Waals surface area (Å²) in [5.41, 5.74) is 4.16. The molecule has 1 N–H and O–H groups in total. The summed E-state index contributed by atoms with van der Waals surface area (Å²) in [6, 6.07) is 7.81. The van der Waals surface area contributed by atoms with E-state index in [4.69, 9.17) is 0 Å². The zero-order valence-corrected chi connectivity index (χ0v) is 15.1. The Kier molecular flexibility index (Phi) is 4.61. The Hall–Kier alpha value is -2.63. The van der Waals surface area contributed by atoms with Crippen molar-refractivity contribution in [1.29, 1.82) is 0 Å². The summed E-state index contributed by atoms with van der Waals surface area (Å²) < 4.78 is 1.78. The summed E-state index contributed by atoms with van der Waals surface area (Å²) in [5.74, 6) is -0.466. The Morgan fingerprint density at radius 3 is 2.52 bits per heavy atom. The van der Waals surface area contributed by atoms with Gasteiger partial charge in [0.25, 0.3) is 0 Å². The van der Waals surface area contributed by atoms with Gasteiger partial charge >= 0.3 is 0 Å². The molecule has 6 nitrogen and oxygen atoms in total. The molecule has 1 aliphatic rings. The molecule has 2 heterocycles. The molecule has 2 aromatic rings. The second-order valence-electron chi connectivity index (χ2n) is 6.77. The molecule has 0 radical (unpaired) electrons. The highest BCUT2D eigenvalue weighted by Crippen LogP contribution is 2.37. The van der Waals surface area contributed by atoms with Crippen molar-refractivity contribution in [3.63, 3.8) is 0 Å². The highest BCUT2D eigenvalue weighted by atomic mass is 16.2. The number of nitrogens with zero attached hydrogens (tertiary/aromatic N) is 3. The van der Waals surface area contributed by atoms with Crippen LogP contribution in [0.1, 0.15) is 34.8 Å². The van der Waals surface area contributed by atoms with E-state index in [2.05, 4.69) is 10.4 Å². The number of amides is 2. The lowest BCUT2D eigenvalue weighted by atomic mass is 9.92. The summed E-state index contributed by atoms with van der Waals surface area (Å²) in [6.45, 7) is 4.41. The zero-order chi connectivity index (χ0) is 18.1. The van der Waals surface area contributed by atoms with Crippen molar-refractivity contribution in [2.75, 3.05) is 7.05 Å². The van der Waals surface area contributed by atoms with Crippen molar-refractivity contribution in [2.24, 2.45) is 13.0 Å². The molecule has 0 bridgehead atoms. The van der Waals surface area contributed by atoms with E-state index >= 15 is 0 Å². The maximum atomic E-state index is 12.8. The second-order valence-corrected chi connectivity index (χ2v) is 6.77. The van der Waals surface area contributed by atoms with Crippen molar-refractivity contribution in [3.05, 3.63) is 52.8 Å². The normalized spacial score (nSPS) is 20.2. The number of aryl methyl sites for hydroxylation is 2. The first-order valence-corrected chi connectivity index (χ1v) is 8.46. The first kappa shape index (κ1) is 17.2. The molecule has 0 unspecified atom stereocenters. The third kappa shape index (κ3) is 3.29. The van der Waals surface area contributed by atoms with Gasteiger partial charge in [-0.25, -0.2) is 0 Å². The molecule has 1 aliphatic heterocycles. The van der Waals surface area contributed by atoms with Gasteiger partial charge in [0.2, 0.25) is 11.8 Å². The van der Waals surface area contributed by atoms with E-state index in [0.717, 1.165) is 22.4 Å². The van der Waals surface area contributed by atoms with Crippen molar-refractivity contribution in [3.8, 4) is 0 Å². The summed E-state index contributed by atoms with van der Waals surface area (Å²) in [4.78, 5) is 26.6. The van der Waals surface area contributed by atoms with E-state index in [1.54, 1.807) is 22.8 Å². The fourth-order valence-electron chi connectivity index (χ4n) is 3.36. The summed E-state index contributed by atoms with van der Waals surface area (Å²) in [7, 11) is 3.64. The van der Waals surface area contributed by atoms with Crippen LogP contribution in [0.4, 0.5) is 0 Å². The number of hydrogen-bond acceptors (Lipinski definition) is 3. The Bertz CT molecular complexity index is 794. The Balaban J connectivity index is 1.76. The van der Waals surface area contributed by atoms with Gasteiger partial charge in [-0.2, -0.15) is 5.10 Å². The van der Waals surface area contributed by atoms with E-state index in [0.29, 0.717) is 6.54 Å². The van der Waals surface area contributed by atoms with E-state index in [9.17, 15) is 9.59 Å². The van der Waals surface area contributed by atoms with Crippen molar-refractivity contribution >= 4 is 11.8 Å². The predicted octanol–water partition coefficient (Wildman–Crippen LogP) is 1.87. The minimum Gasteiger partial charge on any atom is -0.352 e. The van der Waals surface area contributed by atoms with Crippen LogP contribution in [-0.4, -0.2) is 33.5 Å². The van der Waals surface area contributed by atoms with Gasteiger partial charge in [0, 0.05) is 38.3 Å². The molecule has 25 heavy (non-hydrogen) atoms. The van der Waals surface area contributed by atoms with Gasteiger partial charge in [0.1, 0.15) is 0 Å². The van der Waals surface area contributed by atoms with Gasteiger partial charge < -0.3 is 10.2 Å². The molecule has 132 valence electrons. The Morgan fingerprint density at radius 2 is 1.92 bits per heavy atom. The van der Waals surface area contributed by atoms with Crippen LogP contribution in [-0.2, 0) is 23.2 Å². The van der Waals surface area contributed by atoms with Crippen LogP contribution < -0.4 is 5.32 Å². The molecule has 0 spiro atoms. The standard InChI is InChI=1S/C19H24N4O2/c1-12-5-7-14(8-6-12)18-16(9-17(24)22(18)3)19(25)20-10-15-11-21-23(4)13(15)2/h5-8,11,16,18H,9-10H2,1-4H3,(H,20,25)/t16-,18-/m1/s1. The largest absolute Gasteiger partial charge is 0.352 e. The van der Waals surface area contributed by atoms with Crippen molar-refractivity contribution < 1.29 is 9.59 Å². The fourth-order valence-corrected chi connectivity index (χ4v) is 3.36. The van der Waals surface area contributed by atoms with E-state index < -0.39 is 0 Å². The average Bonchev–Trinajstić information content (AvgIpc) is 3.07. The van der Waals surface area contributed by atoms with Crippen LogP contribution >= 0.6 is 0 Å². The number of nitrogens with one attached hydrogen (secondary N) is 1. The lowest BCUT2D eigenvalue weighted by Gasteiger charge is -2.25. The second kappa shape index (κ2) is 6.70. The van der Waals surface area contributed by atoms with Gasteiger partial charge in [0.15, 0.2) is 0 Å². The van der Waals surface area contributed by atoms with Gasteiger partial charge in [0.05, 0.1) is 18.2 Å². The minimum absolute atomic E-state index is 0.00304. The lowest BCUT2D eigenvalue weighted by Crippen LogP contribution is -2.34. The van der Waals surface area contributed by atoms with Crippen LogP contribution in [0.15, 0.2) is 30.5 Å². The van der Waals surface area contributed by atoms with E-state index in [-0.39, 0.29) is 30.2 Å². The number of aromatic nitrogens is 2. The van der Waals surface area contributed by atoms with Crippen molar-refractivity contribution in [1.82, 2.24) is 20.0 Å². The first-order chi connectivity index (χ1) is 11.9. The molecule has 2 atom stereocenters. The first-order valence-electron chi connectivity index (χ1n) is 8.46. The third-order valence-corrected chi connectivity index (χ3v) is 5.13. The fraction of sp³-hybridized carbons (Fsp3) is 0.421. The molecular formula is C19H24N4O2. The molecule has 0 saturated carbocycles. The monoisotopic (exact) mass is 340 g/mol. The van der Waals surface area contributed by atoms with Crippen LogP contribution in [0, 0.1) is 19.8 Å². The molecule has 1 saturated heterocycles. The number of likely N-dealkylation sites (tertiary alicyclic amines) is 1. The zero-order valence-electron chi connectivity index (χ0n) is 15.1.